The third kappa shape index (κ3) is 18.2. The molecule has 0 heterocycles. The lowest BCUT2D eigenvalue weighted by Crippen LogP contribution is -2.26. The molecule has 0 rings (SSSR count). The highest BCUT2D eigenvalue weighted by Gasteiger charge is 2.26. The predicted octanol–water partition coefficient (Wildman–Crippen LogP) is 5.39. The Hall–Kier alpha value is -0.0600. The molecule has 0 aromatic heterocycles. The molecular weight excluding hydrogens is 522 g/mol. The van der Waals surface area contributed by atoms with Crippen LogP contribution in [0.3, 0.4) is 0 Å². The van der Waals surface area contributed by atoms with E-state index in [1.165, 1.54) is 0 Å². The first-order valence-electron chi connectivity index (χ1n) is 11.8. The Morgan fingerprint density at radius 1 is 0.588 bits per heavy atom. The van der Waals surface area contributed by atoms with Gasteiger partial charge in [-0.15, -0.1) is 0 Å². The van der Waals surface area contributed by atoms with Crippen LogP contribution in [-0.2, 0) is 36.8 Å². The molecule has 0 bridgehead atoms. The smallest absolute Gasteiger partial charge is 0.355 e. The first-order chi connectivity index (χ1) is 16.2. The summed E-state index contributed by atoms with van der Waals surface area (Å²) in [5.74, 6) is -0.290. The van der Waals surface area contributed by atoms with Crippen LogP contribution in [0.25, 0.3) is 0 Å². The molecule has 2 N–H and O–H groups in total. The molecule has 0 aliphatic carbocycles. The van der Waals surface area contributed by atoms with Gasteiger partial charge in [0.05, 0.1) is 37.9 Å². The van der Waals surface area contributed by atoms with Crippen molar-refractivity contribution in [1.82, 2.24) is 10.6 Å². The number of carbonyl (C=O) groups is 2. The van der Waals surface area contributed by atoms with Gasteiger partial charge in [-0.25, -0.2) is 9.13 Å². The third-order valence-corrected chi connectivity index (χ3v) is 11.8. The van der Waals surface area contributed by atoms with Crippen molar-refractivity contribution < 1.29 is 36.8 Å². The van der Waals surface area contributed by atoms with E-state index in [9.17, 15) is 18.7 Å². The molecule has 0 atom stereocenters. The van der Waals surface area contributed by atoms with Crippen LogP contribution in [-0.4, -0.2) is 62.8 Å². The van der Waals surface area contributed by atoms with Gasteiger partial charge in [0, 0.05) is 13.1 Å². The van der Waals surface area contributed by atoms with E-state index in [2.05, 4.69) is 10.6 Å². The molecule has 0 aromatic carbocycles. The average Bonchev–Trinajstić information content (AvgIpc) is 2.78. The van der Waals surface area contributed by atoms with E-state index in [1.807, 2.05) is 0 Å². The standard InChI is InChI=1S/C20H42N2O8P2S2/c1-5-27-31(25,28-6-2)33-17-19(23)21-15-13-11-9-10-12-14-16-22-20(24)18-34-32(26,29-7-3)30-8-4/h5-18H2,1-4H3,(H,21,23)(H,22,24). The summed E-state index contributed by atoms with van der Waals surface area (Å²) in [6.45, 7) is 2.64. The third-order valence-electron chi connectivity index (χ3n) is 4.10. The number of unbranched alkanes of at least 4 members (excludes halogenated alkanes) is 5. The van der Waals surface area contributed by atoms with E-state index in [4.69, 9.17) is 18.1 Å². The number of hydrogen-bond acceptors (Lipinski definition) is 10. The molecule has 34 heavy (non-hydrogen) atoms. The number of nitrogens with one attached hydrogen (secondary N) is 2. The molecule has 2 amide bonds. The zero-order chi connectivity index (χ0) is 25.7. The maximum atomic E-state index is 12.3. The monoisotopic (exact) mass is 564 g/mol. The lowest BCUT2D eigenvalue weighted by molar-refractivity contribution is -0.119. The Morgan fingerprint density at radius 2 is 0.882 bits per heavy atom. The van der Waals surface area contributed by atoms with Crippen LogP contribution < -0.4 is 10.6 Å². The molecule has 0 fully saturated rings. The van der Waals surface area contributed by atoms with Gasteiger partial charge in [-0.2, -0.15) is 0 Å². The van der Waals surface area contributed by atoms with E-state index in [-0.39, 0.29) is 49.7 Å². The van der Waals surface area contributed by atoms with Crippen molar-refractivity contribution in [3.63, 3.8) is 0 Å². The predicted molar refractivity (Wildman–Crippen MR) is 140 cm³/mol. The van der Waals surface area contributed by atoms with Crippen molar-refractivity contribution in [3.8, 4) is 0 Å². The molecule has 0 aromatic rings. The summed E-state index contributed by atoms with van der Waals surface area (Å²) >= 11 is 1.82. The summed E-state index contributed by atoms with van der Waals surface area (Å²) in [5.41, 5.74) is 0. The van der Waals surface area contributed by atoms with Crippen LogP contribution in [0.15, 0.2) is 0 Å². The molecule has 0 spiro atoms. The van der Waals surface area contributed by atoms with Gasteiger partial charge < -0.3 is 28.7 Å². The molecule has 14 heteroatoms. The van der Waals surface area contributed by atoms with E-state index < -0.39 is 13.6 Å². The summed E-state index contributed by atoms with van der Waals surface area (Å²) in [4.78, 5) is 23.8. The van der Waals surface area contributed by atoms with E-state index in [0.29, 0.717) is 13.1 Å². The van der Waals surface area contributed by atoms with Crippen LogP contribution in [0.2, 0.25) is 0 Å². The topological polar surface area (TPSA) is 129 Å². The molecule has 0 saturated heterocycles. The summed E-state index contributed by atoms with van der Waals surface area (Å²) in [5, 5.41) is 5.64. The second-order valence-electron chi connectivity index (χ2n) is 6.93. The Bertz CT molecular complexity index is 584. The van der Waals surface area contributed by atoms with Crippen LogP contribution in [0.4, 0.5) is 0 Å². The molecule has 202 valence electrons. The second-order valence-corrected chi connectivity index (χ2v) is 15.1. The average molecular weight is 565 g/mol. The molecule has 0 radical (unpaired) electrons. The Labute approximate surface area is 212 Å². The minimum absolute atomic E-state index is 0.0380. The molecule has 0 aliphatic rings. The quantitative estimate of drug-likeness (QED) is 0.123. The lowest BCUT2D eigenvalue weighted by Gasteiger charge is -2.15. The van der Waals surface area contributed by atoms with Crippen molar-refractivity contribution in [2.45, 2.75) is 66.2 Å². The van der Waals surface area contributed by atoms with Crippen LogP contribution in [0.1, 0.15) is 66.2 Å². The van der Waals surface area contributed by atoms with Gasteiger partial charge >= 0.3 is 13.6 Å². The van der Waals surface area contributed by atoms with E-state index in [1.54, 1.807) is 27.7 Å². The van der Waals surface area contributed by atoms with Crippen molar-refractivity contribution >= 4 is 48.2 Å². The van der Waals surface area contributed by atoms with Crippen molar-refractivity contribution in [3.05, 3.63) is 0 Å². The molecule has 0 saturated carbocycles. The van der Waals surface area contributed by atoms with Crippen molar-refractivity contribution in [1.29, 1.82) is 0 Å². The van der Waals surface area contributed by atoms with Crippen molar-refractivity contribution in [2.75, 3.05) is 51.0 Å². The Balaban J connectivity index is 3.71. The van der Waals surface area contributed by atoms with Crippen molar-refractivity contribution in [2.24, 2.45) is 0 Å². The first-order valence-corrected chi connectivity index (χ1v) is 18.1. The lowest BCUT2D eigenvalue weighted by atomic mass is 10.1. The van der Waals surface area contributed by atoms with E-state index >= 15 is 0 Å². The largest absolute Gasteiger partial charge is 0.389 e. The normalized spacial score (nSPS) is 12.0. The summed E-state index contributed by atoms with van der Waals surface area (Å²) in [6.07, 6.45) is 5.83. The van der Waals surface area contributed by atoms with Crippen LogP contribution in [0.5, 0.6) is 0 Å². The van der Waals surface area contributed by atoms with Gasteiger partial charge in [0.25, 0.3) is 0 Å². The maximum absolute atomic E-state index is 12.3. The van der Waals surface area contributed by atoms with Crippen LogP contribution >= 0.6 is 36.4 Å². The molecular formula is C20H42N2O8P2S2. The van der Waals surface area contributed by atoms with Gasteiger partial charge in [0.2, 0.25) is 11.8 Å². The fourth-order valence-electron chi connectivity index (χ4n) is 2.65. The van der Waals surface area contributed by atoms with Gasteiger partial charge in [-0.3, -0.25) is 9.59 Å². The second kappa shape index (κ2) is 21.1. The number of amides is 2. The molecule has 0 unspecified atom stereocenters. The number of carbonyl (C=O) groups excluding carboxylic acids is 2. The van der Waals surface area contributed by atoms with Gasteiger partial charge in [0.15, 0.2) is 0 Å². The van der Waals surface area contributed by atoms with Gasteiger partial charge in [-0.05, 0) is 63.3 Å². The zero-order valence-corrected chi connectivity index (χ0v) is 24.3. The minimum atomic E-state index is -3.26. The highest BCUT2D eigenvalue weighted by molar-refractivity contribution is 8.55. The van der Waals surface area contributed by atoms with Crippen LogP contribution in [0, 0.1) is 0 Å². The summed E-state index contributed by atoms with van der Waals surface area (Å²) in [7, 11) is 0. The fourth-order valence-corrected chi connectivity index (χ4v) is 8.92. The highest BCUT2D eigenvalue weighted by atomic mass is 32.7. The SMILES string of the molecule is CCOP(=O)(OCC)SCC(=O)NCCCCCCCCNC(=O)CSP(=O)(OCC)OCC. The van der Waals surface area contributed by atoms with E-state index in [0.717, 1.165) is 61.3 Å². The number of hydrogen-bond donors (Lipinski definition) is 2. The Kier molecular flexibility index (Phi) is 21.0. The number of rotatable bonds is 23. The van der Waals surface area contributed by atoms with Gasteiger partial charge in [-0.1, -0.05) is 25.7 Å². The summed E-state index contributed by atoms with van der Waals surface area (Å²) in [6, 6.07) is 0. The fraction of sp³-hybridized carbons (Fsp3) is 0.900. The molecule has 10 nitrogen and oxygen atoms in total. The minimum Gasteiger partial charge on any atom is -0.355 e. The highest BCUT2D eigenvalue weighted by Crippen LogP contribution is 2.60. The summed E-state index contributed by atoms with van der Waals surface area (Å²) < 4.78 is 45.2. The maximum Gasteiger partial charge on any atom is 0.389 e. The Morgan fingerprint density at radius 3 is 1.18 bits per heavy atom. The van der Waals surface area contributed by atoms with Gasteiger partial charge in [0.1, 0.15) is 0 Å². The first kappa shape index (κ1) is 33.9. The zero-order valence-electron chi connectivity index (χ0n) is 20.9. The molecule has 0 aliphatic heterocycles.